The Morgan fingerprint density at radius 3 is 2.52 bits per heavy atom. The monoisotopic (exact) mass is 362 g/mol. The highest BCUT2D eigenvalue weighted by Crippen LogP contribution is 2.18. The maximum absolute atomic E-state index is 12.5. The van der Waals surface area contributed by atoms with Crippen molar-refractivity contribution in [1.82, 2.24) is 10.2 Å². The van der Waals surface area contributed by atoms with E-state index < -0.39 is 0 Å². The number of nitrogens with zero attached hydrogens (tertiary/aromatic N) is 1. The molecular formula is C23H26N2O2. The van der Waals surface area contributed by atoms with Crippen LogP contribution in [0.25, 0.3) is 0 Å². The standard InChI is InChI=1S/C23H26N2O2/c1-2-16-27-22-9-5-4-8-21(22)18-24-17-19-10-12-20(13-11-19)23(26)25-14-6-3-7-15-25/h1,4-5,8-13,24H,3,6-7,14-18H2. The summed E-state index contributed by atoms with van der Waals surface area (Å²) in [6, 6.07) is 15.8. The van der Waals surface area contributed by atoms with Gasteiger partial charge in [-0.1, -0.05) is 36.3 Å². The van der Waals surface area contributed by atoms with Gasteiger partial charge in [-0.05, 0) is 43.0 Å². The summed E-state index contributed by atoms with van der Waals surface area (Å²) in [5.74, 6) is 3.45. The minimum Gasteiger partial charge on any atom is -0.481 e. The van der Waals surface area contributed by atoms with Gasteiger partial charge >= 0.3 is 0 Å². The number of terminal acetylenes is 1. The summed E-state index contributed by atoms with van der Waals surface area (Å²) in [6.07, 6.45) is 8.72. The summed E-state index contributed by atoms with van der Waals surface area (Å²) in [7, 11) is 0. The number of rotatable bonds is 7. The number of piperidine rings is 1. The van der Waals surface area contributed by atoms with Crippen molar-refractivity contribution in [2.45, 2.75) is 32.4 Å². The van der Waals surface area contributed by atoms with Crippen molar-refractivity contribution in [2.24, 2.45) is 0 Å². The number of carbonyl (C=O) groups excluding carboxylic acids is 1. The molecule has 2 aromatic rings. The number of ether oxygens (including phenoxy) is 1. The van der Waals surface area contributed by atoms with E-state index in [0.717, 1.165) is 54.9 Å². The van der Waals surface area contributed by atoms with Gasteiger partial charge in [0.15, 0.2) is 0 Å². The predicted octanol–water partition coefficient (Wildman–Crippen LogP) is 3.61. The fraction of sp³-hybridized carbons (Fsp3) is 0.348. The fourth-order valence-corrected chi connectivity index (χ4v) is 3.30. The highest BCUT2D eigenvalue weighted by Gasteiger charge is 2.17. The van der Waals surface area contributed by atoms with Crippen LogP contribution in [0.4, 0.5) is 0 Å². The molecule has 4 heteroatoms. The number of carbonyl (C=O) groups is 1. The molecule has 140 valence electrons. The van der Waals surface area contributed by atoms with E-state index in [1.54, 1.807) is 0 Å². The molecule has 3 rings (SSSR count). The molecule has 0 bridgehead atoms. The normalized spacial score (nSPS) is 13.8. The fourth-order valence-electron chi connectivity index (χ4n) is 3.30. The van der Waals surface area contributed by atoms with Crippen molar-refractivity contribution in [3.8, 4) is 18.1 Å². The van der Waals surface area contributed by atoms with Crippen LogP contribution in [0.5, 0.6) is 5.75 Å². The highest BCUT2D eigenvalue weighted by atomic mass is 16.5. The third kappa shape index (κ3) is 5.35. The van der Waals surface area contributed by atoms with Gasteiger partial charge in [-0.25, -0.2) is 0 Å². The average Bonchev–Trinajstić information content (AvgIpc) is 2.73. The van der Waals surface area contributed by atoms with E-state index in [-0.39, 0.29) is 12.5 Å². The van der Waals surface area contributed by atoms with Gasteiger partial charge in [0.25, 0.3) is 5.91 Å². The van der Waals surface area contributed by atoms with E-state index in [2.05, 4.69) is 11.2 Å². The average molecular weight is 362 g/mol. The van der Waals surface area contributed by atoms with Crippen LogP contribution in [-0.2, 0) is 13.1 Å². The number of amides is 1. The molecule has 4 nitrogen and oxygen atoms in total. The summed E-state index contributed by atoms with van der Waals surface area (Å²) in [4.78, 5) is 14.5. The van der Waals surface area contributed by atoms with E-state index in [1.807, 2.05) is 53.4 Å². The van der Waals surface area contributed by atoms with Gasteiger partial charge in [0.05, 0.1) is 0 Å². The lowest BCUT2D eigenvalue weighted by atomic mass is 10.1. The van der Waals surface area contributed by atoms with Crippen molar-refractivity contribution < 1.29 is 9.53 Å². The SMILES string of the molecule is C#CCOc1ccccc1CNCc1ccc(C(=O)N2CCCCC2)cc1. The minimum atomic E-state index is 0.147. The first-order valence-electron chi connectivity index (χ1n) is 9.51. The van der Waals surface area contributed by atoms with Crippen LogP contribution in [0.3, 0.4) is 0 Å². The maximum atomic E-state index is 12.5. The van der Waals surface area contributed by atoms with E-state index in [9.17, 15) is 4.79 Å². The first-order valence-corrected chi connectivity index (χ1v) is 9.51. The van der Waals surface area contributed by atoms with Crippen LogP contribution < -0.4 is 10.1 Å². The number of hydrogen-bond acceptors (Lipinski definition) is 3. The van der Waals surface area contributed by atoms with E-state index in [0.29, 0.717) is 6.54 Å². The zero-order valence-electron chi connectivity index (χ0n) is 15.6. The van der Waals surface area contributed by atoms with Crippen molar-refractivity contribution in [3.63, 3.8) is 0 Å². The molecule has 1 aliphatic heterocycles. The van der Waals surface area contributed by atoms with Crippen molar-refractivity contribution in [3.05, 3.63) is 65.2 Å². The summed E-state index contributed by atoms with van der Waals surface area (Å²) in [6.45, 7) is 3.44. The van der Waals surface area contributed by atoms with Crippen LogP contribution in [0, 0.1) is 12.3 Å². The molecule has 1 amide bonds. The largest absolute Gasteiger partial charge is 0.481 e. The number of likely N-dealkylation sites (tertiary alicyclic amines) is 1. The number of nitrogens with one attached hydrogen (secondary N) is 1. The lowest BCUT2D eigenvalue weighted by Gasteiger charge is -2.26. The Morgan fingerprint density at radius 2 is 1.78 bits per heavy atom. The zero-order valence-corrected chi connectivity index (χ0v) is 15.6. The van der Waals surface area contributed by atoms with Gasteiger partial charge in [0, 0.05) is 37.3 Å². The molecular weight excluding hydrogens is 336 g/mol. The number of hydrogen-bond donors (Lipinski definition) is 1. The Balaban J connectivity index is 1.52. The molecule has 27 heavy (non-hydrogen) atoms. The van der Waals surface area contributed by atoms with Crippen LogP contribution >= 0.6 is 0 Å². The Kier molecular flexibility index (Phi) is 6.90. The Labute approximate surface area is 161 Å². The van der Waals surface area contributed by atoms with Crippen LogP contribution in [0.2, 0.25) is 0 Å². The van der Waals surface area contributed by atoms with Gasteiger partial charge in [-0.2, -0.15) is 0 Å². The summed E-state index contributed by atoms with van der Waals surface area (Å²) in [5, 5.41) is 3.42. The second-order valence-electron chi connectivity index (χ2n) is 6.75. The van der Waals surface area contributed by atoms with E-state index in [4.69, 9.17) is 11.2 Å². The summed E-state index contributed by atoms with van der Waals surface area (Å²) in [5.41, 5.74) is 2.99. The van der Waals surface area contributed by atoms with Crippen LogP contribution in [0.15, 0.2) is 48.5 Å². The van der Waals surface area contributed by atoms with E-state index in [1.165, 1.54) is 6.42 Å². The van der Waals surface area contributed by atoms with Crippen LogP contribution in [0.1, 0.15) is 40.7 Å². The molecule has 1 heterocycles. The minimum absolute atomic E-state index is 0.147. The zero-order chi connectivity index (χ0) is 18.9. The van der Waals surface area contributed by atoms with Crippen molar-refractivity contribution in [2.75, 3.05) is 19.7 Å². The Hall–Kier alpha value is -2.77. The van der Waals surface area contributed by atoms with Gasteiger partial charge in [0.2, 0.25) is 0 Å². The first kappa shape index (κ1) is 19.0. The van der Waals surface area contributed by atoms with Crippen LogP contribution in [-0.4, -0.2) is 30.5 Å². The van der Waals surface area contributed by atoms with Crippen molar-refractivity contribution in [1.29, 1.82) is 0 Å². The molecule has 0 aliphatic carbocycles. The second-order valence-corrected chi connectivity index (χ2v) is 6.75. The lowest BCUT2D eigenvalue weighted by molar-refractivity contribution is 0.0724. The second kappa shape index (κ2) is 9.80. The highest BCUT2D eigenvalue weighted by molar-refractivity contribution is 5.94. The molecule has 0 saturated carbocycles. The van der Waals surface area contributed by atoms with Gasteiger partial charge in [-0.3, -0.25) is 4.79 Å². The third-order valence-corrected chi connectivity index (χ3v) is 4.77. The van der Waals surface area contributed by atoms with Gasteiger partial charge < -0.3 is 15.0 Å². The maximum Gasteiger partial charge on any atom is 0.253 e. The number of para-hydroxylation sites is 1. The summed E-state index contributed by atoms with van der Waals surface area (Å²) < 4.78 is 5.57. The molecule has 1 N–H and O–H groups in total. The summed E-state index contributed by atoms with van der Waals surface area (Å²) >= 11 is 0. The Bertz CT molecular complexity index is 787. The van der Waals surface area contributed by atoms with E-state index >= 15 is 0 Å². The molecule has 1 fully saturated rings. The van der Waals surface area contributed by atoms with Crippen molar-refractivity contribution >= 4 is 5.91 Å². The van der Waals surface area contributed by atoms with Gasteiger partial charge in [-0.15, -0.1) is 6.42 Å². The molecule has 0 spiro atoms. The molecule has 0 unspecified atom stereocenters. The molecule has 1 aliphatic rings. The predicted molar refractivity (Wildman–Crippen MR) is 108 cm³/mol. The first-order chi connectivity index (χ1) is 13.3. The quantitative estimate of drug-likeness (QED) is 0.765. The third-order valence-electron chi connectivity index (χ3n) is 4.77. The molecule has 0 radical (unpaired) electrons. The molecule has 2 aromatic carbocycles. The lowest BCUT2D eigenvalue weighted by Crippen LogP contribution is -2.35. The molecule has 0 atom stereocenters. The number of benzene rings is 2. The molecule has 0 aromatic heterocycles. The Morgan fingerprint density at radius 1 is 1.04 bits per heavy atom. The smallest absolute Gasteiger partial charge is 0.253 e. The molecule has 1 saturated heterocycles. The van der Waals surface area contributed by atoms with Gasteiger partial charge in [0.1, 0.15) is 12.4 Å². The topological polar surface area (TPSA) is 41.6 Å².